The van der Waals surface area contributed by atoms with Crippen molar-refractivity contribution in [1.29, 1.82) is 0 Å². The van der Waals surface area contributed by atoms with Gasteiger partial charge in [-0.2, -0.15) is 0 Å². The molecule has 6 nitrogen and oxygen atoms in total. The van der Waals surface area contributed by atoms with Crippen LogP contribution in [0.2, 0.25) is 0 Å². The first-order valence-corrected chi connectivity index (χ1v) is 4.86. The summed E-state index contributed by atoms with van der Waals surface area (Å²) in [5.74, 6) is 1.12. The molecular formula is C10H11NO5. The maximum atomic E-state index is 10.3. The molecule has 6 heteroatoms. The van der Waals surface area contributed by atoms with Gasteiger partial charge in [0.2, 0.25) is 6.54 Å². The van der Waals surface area contributed by atoms with Crippen LogP contribution in [0.4, 0.5) is 0 Å². The molecule has 1 heterocycles. The van der Waals surface area contributed by atoms with E-state index >= 15 is 0 Å². The zero-order valence-corrected chi connectivity index (χ0v) is 8.46. The van der Waals surface area contributed by atoms with Crippen LogP contribution in [0.3, 0.4) is 0 Å². The number of benzene rings is 1. The zero-order valence-electron chi connectivity index (χ0n) is 8.46. The van der Waals surface area contributed by atoms with E-state index in [1.165, 1.54) is 0 Å². The molecule has 0 unspecified atom stereocenters. The molecule has 0 fully saturated rings. The summed E-state index contributed by atoms with van der Waals surface area (Å²) < 4.78 is 10.6. The van der Waals surface area contributed by atoms with E-state index in [4.69, 9.17) is 9.47 Å². The van der Waals surface area contributed by atoms with Gasteiger partial charge in [-0.25, -0.2) is 0 Å². The van der Waals surface area contributed by atoms with Crippen LogP contribution in [0, 0.1) is 10.1 Å². The van der Waals surface area contributed by atoms with Crippen molar-refractivity contribution < 1.29 is 19.5 Å². The van der Waals surface area contributed by atoms with Crippen LogP contribution in [0.25, 0.3) is 0 Å². The molecule has 1 aromatic rings. The highest BCUT2D eigenvalue weighted by Crippen LogP contribution is 2.32. The Balaban J connectivity index is 2.19. The molecule has 16 heavy (non-hydrogen) atoms. The number of ether oxygens (including phenoxy) is 2. The van der Waals surface area contributed by atoms with Crippen molar-refractivity contribution in [2.45, 2.75) is 6.10 Å². The van der Waals surface area contributed by atoms with E-state index in [1.54, 1.807) is 18.2 Å². The van der Waals surface area contributed by atoms with E-state index in [-0.39, 0.29) is 0 Å². The lowest BCUT2D eigenvalue weighted by Crippen LogP contribution is -2.16. The minimum Gasteiger partial charge on any atom is -0.486 e. The largest absolute Gasteiger partial charge is 0.486 e. The Morgan fingerprint density at radius 1 is 1.38 bits per heavy atom. The number of fused-ring (bicyclic) bond motifs is 1. The summed E-state index contributed by atoms with van der Waals surface area (Å²) in [6.07, 6.45) is -1.12. The van der Waals surface area contributed by atoms with E-state index in [1.807, 2.05) is 0 Å². The van der Waals surface area contributed by atoms with Gasteiger partial charge in [-0.05, 0) is 17.7 Å². The number of hydrogen-bond acceptors (Lipinski definition) is 5. The molecule has 0 spiro atoms. The average Bonchev–Trinajstić information content (AvgIpc) is 2.27. The van der Waals surface area contributed by atoms with E-state index in [2.05, 4.69) is 0 Å². The molecule has 0 aliphatic carbocycles. The molecule has 1 aliphatic rings. The lowest BCUT2D eigenvalue weighted by atomic mass is 10.1. The van der Waals surface area contributed by atoms with Gasteiger partial charge in [0, 0.05) is 4.92 Å². The van der Waals surface area contributed by atoms with Gasteiger partial charge in [0.1, 0.15) is 19.3 Å². The number of aliphatic hydroxyl groups excluding tert-OH is 1. The molecule has 0 radical (unpaired) electrons. The summed E-state index contributed by atoms with van der Waals surface area (Å²) in [5.41, 5.74) is 0.459. The van der Waals surface area contributed by atoms with Crippen molar-refractivity contribution in [3.8, 4) is 11.5 Å². The lowest BCUT2D eigenvalue weighted by molar-refractivity contribution is -0.491. The molecule has 0 aromatic heterocycles. The van der Waals surface area contributed by atoms with Crippen molar-refractivity contribution in [1.82, 2.24) is 0 Å². The first-order valence-electron chi connectivity index (χ1n) is 4.86. The third-order valence-electron chi connectivity index (χ3n) is 2.27. The molecule has 1 atom stereocenters. The average molecular weight is 225 g/mol. The highest BCUT2D eigenvalue weighted by molar-refractivity contribution is 5.44. The second-order valence-electron chi connectivity index (χ2n) is 3.43. The van der Waals surface area contributed by atoms with Crippen molar-refractivity contribution in [3.05, 3.63) is 33.9 Å². The number of nitro groups is 1. The fourth-order valence-electron chi connectivity index (χ4n) is 1.51. The fourth-order valence-corrected chi connectivity index (χ4v) is 1.51. The van der Waals surface area contributed by atoms with E-state index < -0.39 is 17.6 Å². The Labute approximate surface area is 91.6 Å². The Morgan fingerprint density at radius 3 is 2.75 bits per heavy atom. The van der Waals surface area contributed by atoms with Crippen LogP contribution >= 0.6 is 0 Å². The van der Waals surface area contributed by atoms with Gasteiger partial charge in [-0.3, -0.25) is 10.1 Å². The summed E-state index contributed by atoms with van der Waals surface area (Å²) in [7, 11) is 0. The first kappa shape index (κ1) is 10.7. The quantitative estimate of drug-likeness (QED) is 0.606. The monoisotopic (exact) mass is 225 g/mol. The summed E-state index contributed by atoms with van der Waals surface area (Å²) in [6.45, 7) is 0.422. The molecule has 86 valence electrons. The van der Waals surface area contributed by atoms with E-state index in [0.717, 1.165) is 0 Å². The van der Waals surface area contributed by atoms with Crippen LogP contribution in [-0.2, 0) is 0 Å². The molecule has 1 N–H and O–H groups in total. The van der Waals surface area contributed by atoms with Crippen LogP contribution in [0.1, 0.15) is 11.7 Å². The predicted molar refractivity (Wildman–Crippen MR) is 54.3 cm³/mol. The van der Waals surface area contributed by atoms with E-state index in [0.29, 0.717) is 30.3 Å². The lowest BCUT2D eigenvalue weighted by Gasteiger charge is -2.19. The molecular weight excluding hydrogens is 214 g/mol. The van der Waals surface area contributed by atoms with Gasteiger partial charge >= 0.3 is 0 Å². The summed E-state index contributed by atoms with van der Waals surface area (Å²) >= 11 is 0. The first-order chi connectivity index (χ1) is 7.66. The summed E-state index contributed by atoms with van der Waals surface area (Å²) in [4.78, 5) is 9.71. The molecule has 0 saturated heterocycles. The predicted octanol–water partition coefficient (Wildman–Crippen LogP) is 0.768. The molecule has 1 aliphatic heterocycles. The van der Waals surface area contributed by atoms with Crippen molar-refractivity contribution >= 4 is 0 Å². The second-order valence-corrected chi connectivity index (χ2v) is 3.43. The number of hydrogen-bond donors (Lipinski definition) is 1. The highest BCUT2D eigenvalue weighted by atomic mass is 16.6. The van der Waals surface area contributed by atoms with Gasteiger partial charge < -0.3 is 14.6 Å². The minimum atomic E-state index is -1.12. The van der Waals surface area contributed by atoms with Gasteiger partial charge in [0.05, 0.1) is 0 Å². The van der Waals surface area contributed by atoms with Crippen molar-refractivity contribution in [3.63, 3.8) is 0 Å². The van der Waals surface area contributed by atoms with Crippen molar-refractivity contribution in [2.24, 2.45) is 0 Å². The maximum absolute atomic E-state index is 10.3. The topological polar surface area (TPSA) is 81.8 Å². The maximum Gasteiger partial charge on any atom is 0.233 e. The highest BCUT2D eigenvalue weighted by Gasteiger charge is 2.18. The third kappa shape index (κ3) is 2.22. The third-order valence-corrected chi connectivity index (χ3v) is 2.27. The zero-order chi connectivity index (χ0) is 11.5. The summed E-state index contributed by atoms with van der Waals surface area (Å²) in [6, 6.07) is 4.82. The number of rotatable bonds is 3. The van der Waals surface area contributed by atoms with Crippen LogP contribution < -0.4 is 9.47 Å². The Hall–Kier alpha value is -1.82. The van der Waals surface area contributed by atoms with Crippen LogP contribution in [-0.4, -0.2) is 29.8 Å². The minimum absolute atomic E-state index is 0.446. The molecule has 0 bridgehead atoms. The smallest absolute Gasteiger partial charge is 0.233 e. The molecule has 0 saturated carbocycles. The van der Waals surface area contributed by atoms with Crippen LogP contribution in [0.15, 0.2) is 18.2 Å². The normalized spacial score (nSPS) is 15.6. The van der Waals surface area contributed by atoms with Gasteiger partial charge in [0.15, 0.2) is 11.5 Å². The van der Waals surface area contributed by atoms with Gasteiger partial charge in [-0.15, -0.1) is 0 Å². The van der Waals surface area contributed by atoms with Gasteiger partial charge in [-0.1, -0.05) is 6.07 Å². The second kappa shape index (κ2) is 4.36. The number of nitrogens with zero attached hydrogens (tertiary/aromatic N) is 1. The van der Waals surface area contributed by atoms with E-state index in [9.17, 15) is 15.2 Å². The van der Waals surface area contributed by atoms with Crippen LogP contribution in [0.5, 0.6) is 11.5 Å². The Bertz CT molecular complexity index is 406. The molecule has 1 aromatic carbocycles. The van der Waals surface area contributed by atoms with Gasteiger partial charge in [0.25, 0.3) is 0 Å². The number of aliphatic hydroxyl groups is 1. The fraction of sp³-hybridized carbons (Fsp3) is 0.400. The standard InChI is InChI=1S/C10H11NO5/c12-8(6-11(13)14)7-1-2-9-10(5-7)16-4-3-15-9/h1-2,5,8,12H,3-4,6H2/t8-/m0/s1. The molecule has 2 rings (SSSR count). The SMILES string of the molecule is O=[N+]([O-])C[C@H](O)c1ccc2c(c1)OCCO2. The molecule has 0 amide bonds. The Morgan fingerprint density at radius 2 is 2.06 bits per heavy atom. The van der Waals surface area contributed by atoms with Crippen molar-refractivity contribution in [2.75, 3.05) is 19.8 Å². The Kier molecular flexibility index (Phi) is 2.91. The summed E-state index contributed by atoms with van der Waals surface area (Å²) in [5, 5.41) is 19.8.